The van der Waals surface area contributed by atoms with E-state index in [1.54, 1.807) is 7.11 Å². The van der Waals surface area contributed by atoms with Gasteiger partial charge in [-0.15, -0.1) is 0 Å². The van der Waals surface area contributed by atoms with E-state index in [9.17, 15) is 4.79 Å². The minimum atomic E-state index is -0.0983. The smallest absolute Gasteiger partial charge is 0.252 e. The third-order valence-electron chi connectivity index (χ3n) is 4.86. The van der Waals surface area contributed by atoms with Crippen LogP contribution < -0.4 is 10.1 Å². The zero-order chi connectivity index (χ0) is 18.6. The highest BCUT2D eigenvalue weighted by atomic mass is 16.5. The van der Waals surface area contributed by atoms with E-state index in [2.05, 4.69) is 5.32 Å². The minimum absolute atomic E-state index is 0.0983. The Kier molecular flexibility index (Phi) is 5.03. The van der Waals surface area contributed by atoms with E-state index in [0.29, 0.717) is 12.1 Å². The first-order chi connectivity index (χ1) is 13.2. The number of nitrogens with one attached hydrogen (secondary N) is 1. The number of para-hydroxylation sites is 1. The van der Waals surface area contributed by atoms with Crippen LogP contribution in [-0.2, 0) is 4.74 Å². The number of ether oxygens (including phenoxy) is 2. The van der Waals surface area contributed by atoms with Crippen molar-refractivity contribution in [3.05, 3.63) is 60.2 Å². The Bertz CT molecular complexity index is 947. The average molecular weight is 362 g/mol. The molecule has 138 valence electrons. The molecule has 0 bridgehead atoms. The molecule has 5 nitrogen and oxygen atoms in total. The monoisotopic (exact) mass is 362 g/mol. The SMILES string of the molecule is COc1ccc(-c2cc(C(=O)NC[C@@H]3CCCO3)c3ccccc3n2)cc1. The molecular formula is C22H22N2O3. The maximum atomic E-state index is 12.9. The molecule has 27 heavy (non-hydrogen) atoms. The fourth-order valence-corrected chi connectivity index (χ4v) is 3.38. The van der Waals surface area contributed by atoms with Gasteiger partial charge in [-0.2, -0.15) is 0 Å². The van der Waals surface area contributed by atoms with E-state index in [1.807, 2.05) is 54.6 Å². The minimum Gasteiger partial charge on any atom is -0.497 e. The number of amides is 1. The zero-order valence-corrected chi connectivity index (χ0v) is 15.3. The highest BCUT2D eigenvalue weighted by molar-refractivity contribution is 6.07. The second-order valence-electron chi connectivity index (χ2n) is 6.65. The van der Waals surface area contributed by atoms with Gasteiger partial charge in [0.1, 0.15) is 5.75 Å². The molecule has 1 atom stereocenters. The lowest BCUT2D eigenvalue weighted by Crippen LogP contribution is -2.31. The van der Waals surface area contributed by atoms with Crippen molar-refractivity contribution in [2.75, 3.05) is 20.3 Å². The summed E-state index contributed by atoms with van der Waals surface area (Å²) < 4.78 is 10.8. The highest BCUT2D eigenvalue weighted by Gasteiger charge is 2.18. The molecule has 1 saturated heterocycles. The number of carbonyl (C=O) groups excluding carboxylic acids is 1. The van der Waals surface area contributed by atoms with Crippen LogP contribution in [0.3, 0.4) is 0 Å². The molecule has 5 heteroatoms. The quantitative estimate of drug-likeness (QED) is 0.750. The lowest BCUT2D eigenvalue weighted by atomic mass is 10.0. The van der Waals surface area contributed by atoms with Gasteiger partial charge in [-0.05, 0) is 49.2 Å². The third-order valence-corrected chi connectivity index (χ3v) is 4.86. The molecule has 1 fully saturated rings. The predicted octanol–water partition coefficient (Wildman–Crippen LogP) is 3.82. The van der Waals surface area contributed by atoms with E-state index >= 15 is 0 Å². The van der Waals surface area contributed by atoms with E-state index in [0.717, 1.165) is 47.4 Å². The Morgan fingerprint density at radius 3 is 2.78 bits per heavy atom. The fraction of sp³-hybridized carbons (Fsp3) is 0.273. The molecule has 1 amide bonds. The van der Waals surface area contributed by atoms with Crippen LogP contribution in [0, 0.1) is 0 Å². The van der Waals surface area contributed by atoms with Gasteiger partial charge < -0.3 is 14.8 Å². The van der Waals surface area contributed by atoms with Crippen LogP contribution in [0.1, 0.15) is 23.2 Å². The van der Waals surface area contributed by atoms with Gasteiger partial charge in [0.2, 0.25) is 0 Å². The number of aromatic nitrogens is 1. The topological polar surface area (TPSA) is 60.5 Å². The van der Waals surface area contributed by atoms with Crippen molar-refractivity contribution < 1.29 is 14.3 Å². The van der Waals surface area contributed by atoms with Crippen LogP contribution >= 0.6 is 0 Å². The zero-order valence-electron chi connectivity index (χ0n) is 15.3. The summed E-state index contributed by atoms with van der Waals surface area (Å²) in [6.45, 7) is 1.31. The molecule has 2 aromatic carbocycles. The molecule has 2 heterocycles. The summed E-state index contributed by atoms with van der Waals surface area (Å²) in [5.41, 5.74) is 3.13. The van der Waals surface area contributed by atoms with E-state index in [4.69, 9.17) is 14.5 Å². The summed E-state index contributed by atoms with van der Waals surface area (Å²) in [7, 11) is 1.64. The van der Waals surface area contributed by atoms with Gasteiger partial charge in [-0.3, -0.25) is 4.79 Å². The van der Waals surface area contributed by atoms with Crippen LogP contribution in [0.5, 0.6) is 5.75 Å². The predicted molar refractivity (Wildman–Crippen MR) is 105 cm³/mol. The summed E-state index contributed by atoms with van der Waals surface area (Å²) in [5.74, 6) is 0.688. The van der Waals surface area contributed by atoms with Gasteiger partial charge >= 0.3 is 0 Å². The molecule has 3 aromatic rings. The first kappa shape index (κ1) is 17.5. The van der Waals surface area contributed by atoms with Crippen LogP contribution in [0.25, 0.3) is 22.2 Å². The molecule has 0 saturated carbocycles. The van der Waals surface area contributed by atoms with Crippen molar-refractivity contribution in [3.63, 3.8) is 0 Å². The van der Waals surface area contributed by atoms with Crippen molar-refractivity contribution in [3.8, 4) is 17.0 Å². The Balaban J connectivity index is 1.68. The number of methoxy groups -OCH3 is 1. The molecule has 1 aliphatic heterocycles. The summed E-state index contributed by atoms with van der Waals surface area (Å²) in [4.78, 5) is 17.6. The van der Waals surface area contributed by atoms with E-state index in [-0.39, 0.29) is 12.0 Å². The van der Waals surface area contributed by atoms with Crippen molar-refractivity contribution in [1.29, 1.82) is 0 Å². The van der Waals surface area contributed by atoms with Crippen LogP contribution in [0.4, 0.5) is 0 Å². The van der Waals surface area contributed by atoms with E-state index in [1.165, 1.54) is 0 Å². The first-order valence-corrected chi connectivity index (χ1v) is 9.18. The number of nitrogens with zero attached hydrogens (tertiary/aromatic N) is 1. The highest BCUT2D eigenvalue weighted by Crippen LogP contribution is 2.26. The van der Waals surface area contributed by atoms with Crippen molar-refractivity contribution in [2.45, 2.75) is 18.9 Å². The molecular weight excluding hydrogens is 340 g/mol. The molecule has 1 aliphatic rings. The summed E-state index contributed by atoms with van der Waals surface area (Å²) >= 11 is 0. The van der Waals surface area contributed by atoms with Crippen LogP contribution in [-0.4, -0.2) is 37.3 Å². The number of carbonyl (C=O) groups is 1. The maximum Gasteiger partial charge on any atom is 0.252 e. The number of pyridine rings is 1. The number of rotatable bonds is 5. The lowest BCUT2D eigenvalue weighted by molar-refractivity contribution is 0.0859. The van der Waals surface area contributed by atoms with Crippen LogP contribution in [0.2, 0.25) is 0 Å². The Morgan fingerprint density at radius 1 is 1.22 bits per heavy atom. The molecule has 1 aromatic heterocycles. The average Bonchev–Trinajstić information content (AvgIpc) is 3.25. The first-order valence-electron chi connectivity index (χ1n) is 9.18. The number of fused-ring (bicyclic) bond motifs is 1. The van der Waals surface area contributed by atoms with Crippen molar-refractivity contribution in [1.82, 2.24) is 10.3 Å². The van der Waals surface area contributed by atoms with Crippen molar-refractivity contribution >= 4 is 16.8 Å². The number of hydrogen-bond acceptors (Lipinski definition) is 4. The van der Waals surface area contributed by atoms with Gasteiger partial charge in [-0.25, -0.2) is 4.98 Å². The maximum absolute atomic E-state index is 12.9. The summed E-state index contributed by atoms with van der Waals surface area (Å²) in [6.07, 6.45) is 2.16. The standard InChI is InChI=1S/C22H22N2O3/c1-26-16-10-8-15(9-11-16)21-13-19(18-6-2-3-7-20(18)24-21)22(25)23-14-17-5-4-12-27-17/h2-3,6-11,13,17H,4-5,12,14H2,1H3,(H,23,25)/t17-/m0/s1. The van der Waals surface area contributed by atoms with Gasteiger partial charge in [0.05, 0.1) is 30.0 Å². The molecule has 0 radical (unpaired) electrons. The molecule has 0 aliphatic carbocycles. The van der Waals surface area contributed by atoms with Gasteiger partial charge in [0.15, 0.2) is 0 Å². The summed E-state index contributed by atoms with van der Waals surface area (Å²) in [6, 6.07) is 17.3. The Morgan fingerprint density at radius 2 is 2.04 bits per heavy atom. The lowest BCUT2D eigenvalue weighted by Gasteiger charge is -2.13. The molecule has 0 unspecified atom stereocenters. The normalized spacial score (nSPS) is 16.4. The van der Waals surface area contributed by atoms with Gasteiger partial charge in [0, 0.05) is 24.1 Å². The van der Waals surface area contributed by atoms with E-state index < -0.39 is 0 Å². The van der Waals surface area contributed by atoms with Crippen molar-refractivity contribution in [2.24, 2.45) is 0 Å². The Labute approximate surface area is 158 Å². The third kappa shape index (κ3) is 3.78. The molecule has 0 spiro atoms. The number of hydrogen-bond donors (Lipinski definition) is 1. The fourth-order valence-electron chi connectivity index (χ4n) is 3.38. The summed E-state index contributed by atoms with van der Waals surface area (Å²) in [5, 5.41) is 3.87. The second-order valence-corrected chi connectivity index (χ2v) is 6.65. The van der Waals surface area contributed by atoms with Gasteiger partial charge in [-0.1, -0.05) is 18.2 Å². The molecule has 4 rings (SSSR count). The molecule has 1 N–H and O–H groups in total. The largest absolute Gasteiger partial charge is 0.497 e. The second kappa shape index (κ2) is 7.76. The van der Waals surface area contributed by atoms with Gasteiger partial charge in [0.25, 0.3) is 5.91 Å². The Hall–Kier alpha value is -2.92. The van der Waals surface area contributed by atoms with Crippen LogP contribution in [0.15, 0.2) is 54.6 Å². The number of benzene rings is 2.